The summed E-state index contributed by atoms with van der Waals surface area (Å²) < 4.78 is 22.0. The van der Waals surface area contributed by atoms with Gasteiger partial charge >= 0.3 is 7.82 Å². The highest BCUT2D eigenvalue weighted by atomic mass is 31.2. The molecule has 1 aliphatic heterocycles. The second-order valence-electron chi connectivity index (χ2n) is 4.99. The van der Waals surface area contributed by atoms with Gasteiger partial charge in [0.2, 0.25) is 5.95 Å². The maximum atomic E-state index is 11.7. The fourth-order valence-corrected chi connectivity index (χ4v) is 2.70. The van der Waals surface area contributed by atoms with Crippen LogP contribution in [-0.4, -0.2) is 53.2 Å². The third-order valence-electron chi connectivity index (χ3n) is 3.37. The van der Waals surface area contributed by atoms with Gasteiger partial charge in [0.1, 0.15) is 12.3 Å². The number of imidazole rings is 1. The van der Waals surface area contributed by atoms with Crippen molar-refractivity contribution in [1.29, 1.82) is 0 Å². The van der Waals surface area contributed by atoms with E-state index in [1.54, 1.807) is 0 Å². The molecule has 1 fully saturated rings. The Kier molecular flexibility index (Phi) is 3.96. The maximum absolute atomic E-state index is 11.7. The zero-order chi connectivity index (χ0) is 16.8. The summed E-state index contributed by atoms with van der Waals surface area (Å²) in [6.45, 7) is -0.481. The van der Waals surface area contributed by atoms with Crippen LogP contribution in [0.2, 0.25) is 0 Å². The van der Waals surface area contributed by atoms with E-state index in [4.69, 9.17) is 20.3 Å². The molecule has 13 heteroatoms. The number of ether oxygens (including phenoxy) is 1. The van der Waals surface area contributed by atoms with E-state index in [-0.39, 0.29) is 23.5 Å². The van der Waals surface area contributed by atoms with E-state index in [2.05, 4.69) is 19.5 Å². The van der Waals surface area contributed by atoms with Gasteiger partial charge in [0.25, 0.3) is 5.56 Å². The van der Waals surface area contributed by atoms with E-state index >= 15 is 0 Å². The quantitative estimate of drug-likeness (QED) is 0.406. The molecule has 0 aliphatic carbocycles. The number of phosphoric acid groups is 1. The smallest absolute Gasteiger partial charge is 0.390 e. The van der Waals surface area contributed by atoms with Crippen LogP contribution in [0.5, 0.6) is 0 Å². The van der Waals surface area contributed by atoms with Gasteiger partial charge in [0.05, 0.1) is 19.0 Å². The van der Waals surface area contributed by atoms with Crippen LogP contribution in [0, 0.1) is 0 Å². The zero-order valence-corrected chi connectivity index (χ0v) is 12.5. The minimum atomic E-state index is -4.66. The highest BCUT2D eigenvalue weighted by molar-refractivity contribution is 7.46. The van der Waals surface area contributed by atoms with Crippen molar-refractivity contribution >= 4 is 24.9 Å². The fraction of sp³-hybridized carbons (Fsp3) is 0.500. The molecule has 126 valence electrons. The molecule has 23 heavy (non-hydrogen) atoms. The van der Waals surface area contributed by atoms with Crippen molar-refractivity contribution in [3.8, 4) is 0 Å². The second-order valence-corrected chi connectivity index (χ2v) is 6.23. The molecule has 2 aromatic rings. The molecule has 3 heterocycles. The number of nitrogens with two attached hydrogens (primary N) is 1. The number of aromatic amines is 1. The topological polar surface area (TPSA) is 186 Å². The zero-order valence-electron chi connectivity index (χ0n) is 11.6. The molecule has 0 unspecified atom stereocenters. The lowest BCUT2D eigenvalue weighted by atomic mass is 10.2. The van der Waals surface area contributed by atoms with E-state index in [1.807, 2.05) is 0 Å². The molecule has 0 bridgehead atoms. The molecule has 1 saturated heterocycles. The van der Waals surface area contributed by atoms with Crippen molar-refractivity contribution in [2.24, 2.45) is 0 Å². The van der Waals surface area contributed by atoms with Crippen LogP contribution in [0.25, 0.3) is 11.2 Å². The number of rotatable bonds is 4. The van der Waals surface area contributed by atoms with Gasteiger partial charge in [-0.3, -0.25) is 18.9 Å². The number of anilines is 1. The number of fused-ring (bicyclic) bond motifs is 1. The van der Waals surface area contributed by atoms with Gasteiger partial charge in [-0.05, 0) is 0 Å². The summed E-state index contributed by atoms with van der Waals surface area (Å²) in [6, 6.07) is 0. The molecule has 0 saturated carbocycles. The number of nitrogen functional groups attached to an aromatic ring is 1. The number of nitrogens with zero attached hydrogens (tertiary/aromatic N) is 3. The molecular weight excluding hydrogens is 333 g/mol. The van der Waals surface area contributed by atoms with Gasteiger partial charge in [0.15, 0.2) is 11.2 Å². The van der Waals surface area contributed by atoms with Crippen molar-refractivity contribution in [1.82, 2.24) is 19.5 Å². The van der Waals surface area contributed by atoms with Crippen molar-refractivity contribution in [3.63, 3.8) is 0 Å². The van der Waals surface area contributed by atoms with Crippen LogP contribution < -0.4 is 11.3 Å². The lowest BCUT2D eigenvalue weighted by molar-refractivity contribution is -0.0424. The van der Waals surface area contributed by atoms with Crippen molar-refractivity contribution in [3.05, 3.63) is 16.7 Å². The molecule has 0 spiro atoms. The monoisotopic (exact) mass is 347 g/mol. The summed E-state index contributed by atoms with van der Waals surface area (Å²) in [6.07, 6.45) is -1.26. The summed E-state index contributed by atoms with van der Waals surface area (Å²) in [5.41, 5.74) is 5.23. The molecule has 0 amide bonds. The van der Waals surface area contributed by atoms with E-state index in [9.17, 15) is 14.5 Å². The minimum absolute atomic E-state index is 0.0622. The molecular formula is C10H14N5O7P. The normalized spacial score (nSPS) is 25.3. The Morgan fingerprint density at radius 1 is 1.57 bits per heavy atom. The molecule has 2 aromatic heterocycles. The van der Waals surface area contributed by atoms with E-state index in [1.165, 1.54) is 10.9 Å². The van der Waals surface area contributed by atoms with E-state index < -0.39 is 38.4 Å². The predicted molar refractivity (Wildman–Crippen MR) is 75.1 cm³/mol. The van der Waals surface area contributed by atoms with Crippen LogP contribution in [0.3, 0.4) is 0 Å². The first-order valence-electron chi connectivity index (χ1n) is 6.50. The van der Waals surface area contributed by atoms with E-state index in [0.717, 1.165) is 0 Å². The largest absolute Gasteiger partial charge is 0.469 e. The van der Waals surface area contributed by atoms with E-state index in [0.29, 0.717) is 0 Å². The van der Waals surface area contributed by atoms with Crippen LogP contribution >= 0.6 is 7.82 Å². The molecule has 3 rings (SSSR count). The Labute approximate surface area is 128 Å². The van der Waals surface area contributed by atoms with Crippen LogP contribution in [0.1, 0.15) is 12.6 Å². The standard InChI is InChI=1S/C10H14N5O7P/c11-10-13-8-7(9(17)14-10)12-3-15(8)6-1-4(16)5(22-6)2-21-23(18,19)20/h3-6,16H,1-2H2,(H2,18,19,20)(H3,11,13,14,17)/t4-,5+,6-/m0/s1. The highest BCUT2D eigenvalue weighted by Gasteiger charge is 2.37. The lowest BCUT2D eigenvalue weighted by Gasteiger charge is -2.16. The summed E-state index contributed by atoms with van der Waals surface area (Å²) >= 11 is 0. The van der Waals surface area contributed by atoms with Crippen LogP contribution in [-0.2, 0) is 13.8 Å². The van der Waals surface area contributed by atoms with Crippen molar-refractivity contribution < 1.29 is 28.7 Å². The molecule has 6 N–H and O–H groups in total. The maximum Gasteiger partial charge on any atom is 0.469 e. The number of phosphoric ester groups is 1. The van der Waals surface area contributed by atoms with Gasteiger partial charge in [0, 0.05) is 6.42 Å². The van der Waals surface area contributed by atoms with Gasteiger partial charge in [-0.15, -0.1) is 0 Å². The van der Waals surface area contributed by atoms with Gasteiger partial charge < -0.3 is 25.4 Å². The number of aromatic nitrogens is 4. The van der Waals surface area contributed by atoms with Gasteiger partial charge in [-0.2, -0.15) is 4.98 Å². The second kappa shape index (κ2) is 5.67. The summed E-state index contributed by atoms with van der Waals surface area (Å²) in [5.74, 6) is -0.0934. The number of H-pyrrole nitrogens is 1. The first kappa shape index (κ1) is 16.1. The average molecular weight is 347 g/mol. The minimum Gasteiger partial charge on any atom is -0.390 e. The van der Waals surface area contributed by atoms with Crippen LogP contribution in [0.15, 0.2) is 11.1 Å². The number of nitrogens with one attached hydrogen (secondary N) is 1. The lowest BCUT2D eigenvalue weighted by Crippen LogP contribution is -2.25. The number of hydrogen-bond donors (Lipinski definition) is 5. The molecule has 12 nitrogen and oxygen atoms in total. The summed E-state index contributed by atoms with van der Waals surface area (Å²) in [5, 5.41) is 9.93. The molecule has 1 aliphatic rings. The Morgan fingerprint density at radius 3 is 3.00 bits per heavy atom. The van der Waals surface area contributed by atoms with Gasteiger partial charge in [-0.25, -0.2) is 9.55 Å². The average Bonchev–Trinajstić information content (AvgIpc) is 2.99. The Balaban J connectivity index is 1.84. The molecule has 0 aromatic carbocycles. The van der Waals surface area contributed by atoms with Crippen molar-refractivity contribution in [2.75, 3.05) is 12.3 Å². The van der Waals surface area contributed by atoms with Crippen LogP contribution in [0.4, 0.5) is 5.95 Å². The third-order valence-corrected chi connectivity index (χ3v) is 3.86. The number of hydrogen-bond acceptors (Lipinski definition) is 8. The third kappa shape index (κ3) is 3.27. The SMILES string of the molecule is Nc1nc2c(ncn2[C@@H]2C[C@H](O)[C@@H](COP(=O)(O)O)O2)c(=O)[nH]1. The molecule has 0 radical (unpaired) electrons. The summed E-state index contributed by atoms with van der Waals surface area (Å²) in [7, 11) is -4.66. The fourth-order valence-electron chi connectivity index (χ4n) is 2.36. The van der Waals surface area contributed by atoms with Gasteiger partial charge in [-0.1, -0.05) is 0 Å². The van der Waals surface area contributed by atoms with Crippen molar-refractivity contribution in [2.45, 2.75) is 24.9 Å². The summed E-state index contributed by atoms with van der Waals surface area (Å²) in [4.78, 5) is 39.3. The first-order valence-corrected chi connectivity index (χ1v) is 8.03. The Bertz CT molecular complexity index is 829. The Hall–Kier alpha value is -1.82. The Morgan fingerprint density at radius 2 is 2.30 bits per heavy atom. The predicted octanol–water partition coefficient (Wildman–Crippen LogP) is -1.54. The first-order chi connectivity index (χ1) is 10.7. The highest BCUT2D eigenvalue weighted by Crippen LogP contribution is 2.38. The molecule has 3 atom stereocenters. The number of aliphatic hydroxyl groups is 1. The number of aliphatic hydroxyl groups excluding tert-OH is 1.